The topological polar surface area (TPSA) is 49.4 Å². The minimum absolute atomic E-state index is 0.127. The lowest BCUT2D eigenvalue weighted by molar-refractivity contribution is -0.136. The molecule has 2 atom stereocenters. The Labute approximate surface area is 138 Å². The molecule has 114 valence electrons. The van der Waals surface area contributed by atoms with Gasteiger partial charge >= 0.3 is 0 Å². The Bertz CT molecular complexity index is 598. The molecule has 1 fully saturated rings. The molecule has 1 N–H and O–H groups in total. The van der Waals surface area contributed by atoms with E-state index in [9.17, 15) is 9.59 Å². The first-order valence-electron chi connectivity index (χ1n) is 6.71. The number of rotatable bonds is 1. The van der Waals surface area contributed by atoms with E-state index in [-0.39, 0.29) is 17.2 Å². The monoisotopic (exact) mass is 372 g/mol. The normalized spacial score (nSPS) is 23.2. The van der Waals surface area contributed by atoms with E-state index in [0.29, 0.717) is 10.7 Å². The van der Waals surface area contributed by atoms with Gasteiger partial charge in [-0.3, -0.25) is 14.5 Å². The second-order valence-corrected chi connectivity index (χ2v) is 7.58. The van der Waals surface area contributed by atoms with Crippen LogP contribution in [0.15, 0.2) is 22.7 Å². The molecular formula is C15H18BrClN2O2. The van der Waals surface area contributed by atoms with Crippen molar-refractivity contribution in [1.29, 1.82) is 0 Å². The molecule has 6 heteroatoms. The first-order chi connectivity index (χ1) is 9.62. The van der Waals surface area contributed by atoms with Crippen molar-refractivity contribution in [2.45, 2.75) is 39.8 Å². The first kappa shape index (κ1) is 16.3. The van der Waals surface area contributed by atoms with Crippen molar-refractivity contribution >= 4 is 45.0 Å². The van der Waals surface area contributed by atoms with Crippen LogP contribution in [0.25, 0.3) is 0 Å². The van der Waals surface area contributed by atoms with Crippen molar-refractivity contribution in [2.24, 2.45) is 5.41 Å². The highest BCUT2D eigenvalue weighted by Gasteiger charge is 2.44. The Balaban J connectivity index is 2.51. The van der Waals surface area contributed by atoms with Gasteiger partial charge in [0.25, 0.3) is 5.91 Å². The molecule has 21 heavy (non-hydrogen) atoms. The zero-order valence-corrected chi connectivity index (χ0v) is 14.7. The van der Waals surface area contributed by atoms with Gasteiger partial charge < -0.3 is 5.32 Å². The molecule has 1 aliphatic heterocycles. The maximum Gasteiger partial charge on any atom is 0.250 e. The van der Waals surface area contributed by atoms with Gasteiger partial charge in [-0.05, 0) is 46.5 Å². The Morgan fingerprint density at radius 1 is 1.29 bits per heavy atom. The van der Waals surface area contributed by atoms with Gasteiger partial charge in [0, 0.05) is 9.50 Å². The Morgan fingerprint density at radius 2 is 1.90 bits per heavy atom. The molecule has 0 saturated carbocycles. The van der Waals surface area contributed by atoms with E-state index in [1.807, 2.05) is 20.8 Å². The van der Waals surface area contributed by atoms with Crippen molar-refractivity contribution in [3.05, 3.63) is 27.7 Å². The molecule has 0 aliphatic carbocycles. The maximum atomic E-state index is 12.8. The third-order valence-corrected chi connectivity index (χ3v) is 4.48. The van der Waals surface area contributed by atoms with Crippen molar-refractivity contribution in [3.8, 4) is 0 Å². The van der Waals surface area contributed by atoms with Crippen LogP contribution in [0.1, 0.15) is 27.7 Å². The molecule has 0 spiro atoms. The van der Waals surface area contributed by atoms with Gasteiger partial charge in [-0.25, -0.2) is 0 Å². The molecule has 2 rings (SSSR count). The van der Waals surface area contributed by atoms with Crippen molar-refractivity contribution in [3.63, 3.8) is 0 Å². The van der Waals surface area contributed by atoms with Gasteiger partial charge in [0.2, 0.25) is 5.91 Å². The van der Waals surface area contributed by atoms with Gasteiger partial charge in [0.15, 0.2) is 0 Å². The van der Waals surface area contributed by atoms with Gasteiger partial charge in [0.05, 0.1) is 5.69 Å². The quantitative estimate of drug-likeness (QED) is 0.820. The summed E-state index contributed by atoms with van der Waals surface area (Å²) in [5.41, 5.74) is 0.250. The van der Waals surface area contributed by atoms with Crippen LogP contribution < -0.4 is 10.2 Å². The number of hydrogen-bond donors (Lipinski definition) is 1. The van der Waals surface area contributed by atoms with Crippen LogP contribution in [0.5, 0.6) is 0 Å². The van der Waals surface area contributed by atoms with Crippen LogP contribution >= 0.6 is 27.5 Å². The fraction of sp³-hybridized carbons (Fsp3) is 0.467. The summed E-state index contributed by atoms with van der Waals surface area (Å²) in [6.45, 7) is 7.49. The third-order valence-electron chi connectivity index (χ3n) is 3.57. The van der Waals surface area contributed by atoms with Crippen molar-refractivity contribution in [1.82, 2.24) is 5.32 Å². The molecule has 2 unspecified atom stereocenters. The summed E-state index contributed by atoms with van der Waals surface area (Å²) in [5, 5.41) is 3.33. The highest BCUT2D eigenvalue weighted by atomic mass is 79.9. The summed E-state index contributed by atoms with van der Waals surface area (Å²) >= 11 is 9.46. The van der Waals surface area contributed by atoms with E-state index in [0.717, 1.165) is 4.47 Å². The molecule has 1 heterocycles. The minimum atomic E-state index is -0.578. The van der Waals surface area contributed by atoms with E-state index in [4.69, 9.17) is 11.6 Å². The van der Waals surface area contributed by atoms with E-state index < -0.39 is 12.1 Å². The highest BCUT2D eigenvalue weighted by Crippen LogP contribution is 2.34. The average molecular weight is 374 g/mol. The zero-order valence-electron chi connectivity index (χ0n) is 12.4. The van der Waals surface area contributed by atoms with E-state index in [1.54, 1.807) is 25.1 Å². The third kappa shape index (κ3) is 3.09. The number of hydrogen-bond acceptors (Lipinski definition) is 2. The molecule has 1 aromatic rings. The number of nitrogens with zero attached hydrogens (tertiary/aromatic N) is 1. The number of anilines is 1. The Kier molecular flexibility index (Phi) is 4.36. The average Bonchev–Trinajstić information content (AvgIpc) is 2.36. The predicted octanol–water partition coefficient (Wildman–Crippen LogP) is 3.37. The summed E-state index contributed by atoms with van der Waals surface area (Å²) in [6.07, 6.45) is 0. The molecule has 0 radical (unpaired) electrons. The van der Waals surface area contributed by atoms with Crippen LogP contribution in [0.4, 0.5) is 5.69 Å². The Morgan fingerprint density at radius 3 is 2.48 bits per heavy atom. The summed E-state index contributed by atoms with van der Waals surface area (Å²) in [4.78, 5) is 26.6. The SMILES string of the molecule is CC1C(=O)NC(C(C)(C)C)C(=O)N1c1cc(Cl)ccc1Br. The smallest absolute Gasteiger partial charge is 0.250 e. The van der Waals surface area contributed by atoms with E-state index in [1.165, 1.54) is 4.90 Å². The second-order valence-electron chi connectivity index (χ2n) is 6.29. The molecule has 0 aromatic heterocycles. The highest BCUT2D eigenvalue weighted by molar-refractivity contribution is 9.10. The number of halogens is 2. The largest absolute Gasteiger partial charge is 0.342 e. The number of carbonyl (C=O) groups is 2. The summed E-state index contributed by atoms with van der Waals surface area (Å²) in [5.74, 6) is -0.293. The number of piperazine rings is 1. The molecule has 1 aromatic carbocycles. The van der Waals surface area contributed by atoms with E-state index in [2.05, 4.69) is 21.2 Å². The lowest BCUT2D eigenvalue weighted by atomic mass is 9.84. The first-order valence-corrected chi connectivity index (χ1v) is 7.88. The number of amides is 2. The molecule has 0 bridgehead atoms. The minimum Gasteiger partial charge on any atom is -0.342 e. The Hall–Kier alpha value is -1.07. The lowest BCUT2D eigenvalue weighted by Gasteiger charge is -2.42. The number of benzene rings is 1. The lowest BCUT2D eigenvalue weighted by Crippen LogP contribution is -2.66. The van der Waals surface area contributed by atoms with Crippen molar-refractivity contribution in [2.75, 3.05) is 4.90 Å². The van der Waals surface area contributed by atoms with Crippen LogP contribution in [0.2, 0.25) is 5.02 Å². The molecular weight excluding hydrogens is 356 g/mol. The number of carbonyl (C=O) groups excluding carboxylic acids is 2. The van der Waals surface area contributed by atoms with Crippen LogP contribution in [0, 0.1) is 5.41 Å². The summed E-state index contributed by atoms with van der Waals surface area (Å²) in [7, 11) is 0. The fourth-order valence-corrected chi connectivity index (χ4v) is 2.96. The molecule has 1 saturated heterocycles. The molecule has 4 nitrogen and oxygen atoms in total. The number of nitrogens with one attached hydrogen (secondary N) is 1. The van der Waals surface area contributed by atoms with Gasteiger partial charge in [-0.15, -0.1) is 0 Å². The summed E-state index contributed by atoms with van der Waals surface area (Å²) in [6, 6.07) is 4.06. The zero-order chi connectivity index (χ0) is 15.9. The van der Waals surface area contributed by atoms with Crippen LogP contribution in [-0.4, -0.2) is 23.9 Å². The molecule has 1 aliphatic rings. The second kappa shape index (κ2) is 5.61. The van der Waals surface area contributed by atoms with Crippen molar-refractivity contribution < 1.29 is 9.59 Å². The van der Waals surface area contributed by atoms with Crippen LogP contribution in [0.3, 0.4) is 0 Å². The predicted molar refractivity (Wildman–Crippen MR) is 87.5 cm³/mol. The van der Waals surface area contributed by atoms with Gasteiger partial charge in [-0.1, -0.05) is 32.4 Å². The van der Waals surface area contributed by atoms with Gasteiger partial charge in [0.1, 0.15) is 12.1 Å². The summed E-state index contributed by atoms with van der Waals surface area (Å²) < 4.78 is 0.731. The van der Waals surface area contributed by atoms with Gasteiger partial charge in [-0.2, -0.15) is 0 Å². The maximum absolute atomic E-state index is 12.8. The molecule has 2 amide bonds. The van der Waals surface area contributed by atoms with Crippen LogP contribution in [-0.2, 0) is 9.59 Å². The van der Waals surface area contributed by atoms with E-state index >= 15 is 0 Å². The standard InChI is InChI=1S/C15H18BrClN2O2/c1-8-13(20)18-12(15(2,3)4)14(21)19(8)11-7-9(17)5-6-10(11)16/h5-8,12H,1-4H3,(H,18,20). The fourth-order valence-electron chi connectivity index (χ4n) is 2.36.